The summed E-state index contributed by atoms with van der Waals surface area (Å²) in [7, 11) is -3.92. The summed E-state index contributed by atoms with van der Waals surface area (Å²) in [5.41, 5.74) is 0.371. The maximum Gasteiger partial charge on any atom is 0.273 e. The number of benzene rings is 2. The fraction of sp³-hybridized carbons (Fsp3) is 0.278. The second-order valence-electron chi connectivity index (χ2n) is 6.45. The number of rotatable bonds is 4. The summed E-state index contributed by atoms with van der Waals surface area (Å²) in [5.74, 6) is -0.376. The van der Waals surface area contributed by atoms with Crippen LogP contribution in [-0.2, 0) is 10.0 Å². The van der Waals surface area contributed by atoms with E-state index >= 15 is 0 Å². The number of amides is 1. The van der Waals surface area contributed by atoms with E-state index in [1.54, 1.807) is 6.07 Å². The van der Waals surface area contributed by atoms with Crippen LogP contribution in [0.4, 0.5) is 5.69 Å². The summed E-state index contributed by atoms with van der Waals surface area (Å²) in [6, 6.07) is 8.78. The quantitative estimate of drug-likeness (QED) is 0.517. The number of nitrogens with zero attached hydrogens (tertiary/aromatic N) is 3. The van der Waals surface area contributed by atoms with E-state index in [0.29, 0.717) is 0 Å². The summed E-state index contributed by atoms with van der Waals surface area (Å²) in [6.07, 6.45) is 0. The zero-order valence-electron chi connectivity index (χ0n) is 15.3. The van der Waals surface area contributed by atoms with Gasteiger partial charge in [-0.3, -0.25) is 14.9 Å². The van der Waals surface area contributed by atoms with Gasteiger partial charge in [-0.1, -0.05) is 35.3 Å². The minimum absolute atomic E-state index is 0.0308. The van der Waals surface area contributed by atoms with Crippen molar-refractivity contribution in [1.82, 2.24) is 9.21 Å². The Hall–Kier alpha value is -2.20. The van der Waals surface area contributed by atoms with Crippen LogP contribution in [0.15, 0.2) is 41.3 Å². The fourth-order valence-corrected chi connectivity index (χ4v) is 5.73. The van der Waals surface area contributed by atoms with Crippen molar-refractivity contribution in [2.75, 3.05) is 26.2 Å². The first-order chi connectivity index (χ1) is 13.6. The minimum atomic E-state index is -3.92. The Kier molecular flexibility index (Phi) is 6.13. The molecule has 1 saturated heterocycles. The van der Waals surface area contributed by atoms with E-state index in [2.05, 4.69) is 0 Å². The van der Waals surface area contributed by atoms with E-state index in [1.807, 2.05) is 0 Å². The van der Waals surface area contributed by atoms with E-state index in [0.717, 1.165) is 0 Å². The molecule has 0 N–H and O–H groups in total. The molecule has 0 bridgehead atoms. The monoisotopic (exact) mass is 457 g/mol. The van der Waals surface area contributed by atoms with Gasteiger partial charge in [0.05, 0.1) is 15.0 Å². The Morgan fingerprint density at radius 2 is 1.59 bits per heavy atom. The lowest BCUT2D eigenvalue weighted by atomic mass is 10.1. The van der Waals surface area contributed by atoms with E-state index in [1.165, 1.54) is 46.5 Å². The summed E-state index contributed by atoms with van der Waals surface area (Å²) in [6.45, 7) is 1.92. The van der Waals surface area contributed by atoms with Crippen LogP contribution < -0.4 is 0 Å². The highest BCUT2D eigenvalue weighted by Crippen LogP contribution is 2.32. The summed E-state index contributed by atoms with van der Waals surface area (Å²) in [4.78, 5) is 24.7. The third kappa shape index (κ3) is 4.09. The van der Waals surface area contributed by atoms with Gasteiger partial charge in [0.2, 0.25) is 10.0 Å². The lowest BCUT2D eigenvalue weighted by Crippen LogP contribution is -2.50. The number of nitro groups is 1. The van der Waals surface area contributed by atoms with Crippen molar-refractivity contribution in [3.63, 3.8) is 0 Å². The first-order valence-electron chi connectivity index (χ1n) is 8.62. The van der Waals surface area contributed by atoms with Gasteiger partial charge in [-0.15, -0.1) is 0 Å². The van der Waals surface area contributed by atoms with Crippen molar-refractivity contribution in [3.8, 4) is 0 Å². The van der Waals surface area contributed by atoms with E-state index in [4.69, 9.17) is 23.2 Å². The molecule has 1 amide bonds. The number of sulfonamides is 1. The lowest BCUT2D eigenvalue weighted by molar-refractivity contribution is -0.385. The van der Waals surface area contributed by atoms with Gasteiger partial charge in [0.25, 0.3) is 11.6 Å². The van der Waals surface area contributed by atoms with Crippen molar-refractivity contribution in [2.45, 2.75) is 11.8 Å². The molecule has 1 heterocycles. The molecule has 1 aliphatic rings. The Labute approximate surface area is 177 Å². The SMILES string of the molecule is Cc1c(C(=O)N2CCN(S(=O)(=O)c3c(Cl)cccc3Cl)CC2)cccc1[N+](=O)[O-]. The second kappa shape index (κ2) is 8.27. The number of nitro benzene ring substituents is 1. The number of carbonyl (C=O) groups is 1. The average Bonchev–Trinajstić information content (AvgIpc) is 2.67. The van der Waals surface area contributed by atoms with Crippen LogP contribution in [0.1, 0.15) is 15.9 Å². The second-order valence-corrected chi connectivity index (χ2v) is 9.14. The van der Waals surface area contributed by atoms with Crippen LogP contribution in [-0.4, -0.2) is 54.6 Å². The third-order valence-electron chi connectivity index (χ3n) is 4.77. The van der Waals surface area contributed by atoms with Gasteiger partial charge < -0.3 is 4.90 Å². The molecule has 0 unspecified atom stereocenters. The molecule has 0 aromatic heterocycles. The van der Waals surface area contributed by atoms with Crippen molar-refractivity contribution in [2.24, 2.45) is 0 Å². The zero-order chi connectivity index (χ0) is 21.3. The molecular weight excluding hydrogens is 441 g/mol. The number of hydrogen-bond donors (Lipinski definition) is 0. The van der Waals surface area contributed by atoms with Crippen LogP contribution in [0.25, 0.3) is 0 Å². The Morgan fingerprint density at radius 1 is 1.03 bits per heavy atom. The number of carbonyl (C=O) groups excluding carboxylic acids is 1. The average molecular weight is 458 g/mol. The molecular formula is C18H17Cl2N3O5S. The largest absolute Gasteiger partial charge is 0.336 e. The van der Waals surface area contributed by atoms with Gasteiger partial charge in [-0.25, -0.2) is 8.42 Å². The molecule has 0 atom stereocenters. The molecule has 8 nitrogen and oxygen atoms in total. The maximum absolute atomic E-state index is 12.9. The minimum Gasteiger partial charge on any atom is -0.336 e. The first-order valence-corrected chi connectivity index (χ1v) is 10.8. The van der Waals surface area contributed by atoms with Crippen molar-refractivity contribution in [3.05, 3.63) is 67.7 Å². The Balaban J connectivity index is 1.78. The molecule has 2 aromatic carbocycles. The highest BCUT2D eigenvalue weighted by molar-refractivity contribution is 7.89. The Morgan fingerprint density at radius 3 is 2.14 bits per heavy atom. The number of piperazine rings is 1. The lowest BCUT2D eigenvalue weighted by Gasteiger charge is -2.34. The summed E-state index contributed by atoms with van der Waals surface area (Å²) in [5, 5.41) is 11.2. The van der Waals surface area contributed by atoms with Crippen molar-refractivity contribution >= 4 is 44.8 Å². The number of halogens is 2. The predicted molar refractivity (Wildman–Crippen MR) is 109 cm³/mol. The van der Waals surface area contributed by atoms with Gasteiger partial charge in [0.1, 0.15) is 4.90 Å². The van der Waals surface area contributed by atoms with Gasteiger partial charge in [-0.05, 0) is 25.1 Å². The maximum atomic E-state index is 12.9. The molecule has 0 saturated carbocycles. The molecule has 1 fully saturated rings. The molecule has 29 heavy (non-hydrogen) atoms. The molecule has 0 aliphatic carbocycles. The Bertz CT molecular complexity index is 1060. The topological polar surface area (TPSA) is 101 Å². The molecule has 2 aromatic rings. The van der Waals surface area contributed by atoms with Gasteiger partial charge in [0, 0.05) is 43.4 Å². The molecule has 3 rings (SSSR count). The van der Waals surface area contributed by atoms with Gasteiger partial charge in [0.15, 0.2) is 0 Å². The molecule has 11 heteroatoms. The molecule has 0 spiro atoms. The predicted octanol–water partition coefficient (Wildman–Crippen LogP) is 3.36. The van der Waals surface area contributed by atoms with Gasteiger partial charge in [-0.2, -0.15) is 4.31 Å². The van der Waals surface area contributed by atoms with Crippen molar-refractivity contribution < 1.29 is 18.1 Å². The summed E-state index contributed by atoms with van der Waals surface area (Å²) >= 11 is 12.1. The molecule has 154 valence electrons. The van der Waals surface area contributed by atoms with E-state index in [9.17, 15) is 23.3 Å². The van der Waals surface area contributed by atoms with Crippen LogP contribution in [0, 0.1) is 17.0 Å². The molecule has 1 aliphatic heterocycles. The smallest absolute Gasteiger partial charge is 0.273 e. The number of hydrogen-bond acceptors (Lipinski definition) is 5. The first kappa shape index (κ1) is 21.5. The highest BCUT2D eigenvalue weighted by atomic mass is 35.5. The van der Waals surface area contributed by atoms with Crippen LogP contribution in [0.2, 0.25) is 10.0 Å². The van der Waals surface area contributed by atoms with E-state index < -0.39 is 14.9 Å². The van der Waals surface area contributed by atoms with Gasteiger partial charge >= 0.3 is 0 Å². The highest BCUT2D eigenvalue weighted by Gasteiger charge is 2.33. The van der Waals surface area contributed by atoms with Crippen LogP contribution >= 0.6 is 23.2 Å². The fourth-order valence-electron chi connectivity index (χ4n) is 3.21. The summed E-state index contributed by atoms with van der Waals surface area (Å²) < 4.78 is 27.1. The molecule has 0 radical (unpaired) electrons. The van der Waals surface area contributed by atoms with Crippen LogP contribution in [0.3, 0.4) is 0 Å². The van der Waals surface area contributed by atoms with E-state index in [-0.39, 0.29) is 63.8 Å². The normalized spacial score (nSPS) is 15.3. The standard InChI is InChI=1S/C18H17Cl2N3O5S/c1-12-13(4-2-7-16(12)23(25)26)18(24)21-8-10-22(11-9-21)29(27,28)17-14(19)5-3-6-15(17)20/h2-7H,8-11H2,1H3. The zero-order valence-corrected chi connectivity index (χ0v) is 17.7. The van der Waals surface area contributed by atoms with Crippen molar-refractivity contribution in [1.29, 1.82) is 0 Å². The van der Waals surface area contributed by atoms with Crippen LogP contribution in [0.5, 0.6) is 0 Å². The third-order valence-corrected chi connectivity index (χ3v) is 7.63.